The molecule has 1 fully saturated rings. The van der Waals surface area contributed by atoms with Crippen LogP contribution in [0.4, 0.5) is 13.2 Å². The van der Waals surface area contributed by atoms with E-state index < -0.39 is 17.6 Å². The zero-order valence-corrected chi connectivity index (χ0v) is 11.9. The third kappa shape index (κ3) is 4.22. The van der Waals surface area contributed by atoms with E-state index in [0.29, 0.717) is 0 Å². The molecular weight excluding hydrogens is 297 g/mol. The topological polar surface area (TPSA) is 58.2 Å². The molecule has 1 aromatic carbocycles. The first kappa shape index (κ1) is 16.3. The molecule has 0 spiro atoms. The van der Waals surface area contributed by atoms with Gasteiger partial charge in [-0.2, -0.15) is 13.2 Å². The van der Waals surface area contributed by atoms with Crippen LogP contribution >= 0.6 is 0 Å². The number of carbonyl (C=O) groups is 2. The SMILES string of the molecule is O=C(NNC(=O)C1CCCCC1)c1cccc(C(F)(F)F)c1. The summed E-state index contributed by atoms with van der Waals surface area (Å²) in [6, 6.07) is 4.05. The summed E-state index contributed by atoms with van der Waals surface area (Å²) < 4.78 is 37.8. The van der Waals surface area contributed by atoms with Gasteiger partial charge in [0.1, 0.15) is 0 Å². The summed E-state index contributed by atoms with van der Waals surface area (Å²) in [6.07, 6.45) is 0.0673. The Morgan fingerprint density at radius 1 is 1.05 bits per heavy atom. The Balaban J connectivity index is 1.93. The molecule has 0 heterocycles. The molecule has 0 unspecified atom stereocenters. The van der Waals surface area contributed by atoms with E-state index in [0.717, 1.165) is 50.3 Å². The number of alkyl halides is 3. The van der Waals surface area contributed by atoms with Crippen molar-refractivity contribution in [2.45, 2.75) is 38.3 Å². The van der Waals surface area contributed by atoms with Gasteiger partial charge in [0.25, 0.3) is 5.91 Å². The minimum absolute atomic E-state index is 0.143. The predicted molar refractivity (Wildman–Crippen MR) is 73.6 cm³/mol. The summed E-state index contributed by atoms with van der Waals surface area (Å²) >= 11 is 0. The van der Waals surface area contributed by atoms with Crippen LogP contribution in [0.3, 0.4) is 0 Å². The molecule has 0 saturated heterocycles. The second-order valence-corrected chi connectivity index (χ2v) is 5.36. The maximum Gasteiger partial charge on any atom is 0.416 e. The van der Waals surface area contributed by atoms with Crippen LogP contribution in [-0.2, 0) is 11.0 Å². The quantitative estimate of drug-likeness (QED) is 0.824. The normalized spacial score (nSPS) is 16.1. The Bertz CT molecular complexity index is 552. The van der Waals surface area contributed by atoms with Crippen LogP contribution in [0.15, 0.2) is 24.3 Å². The van der Waals surface area contributed by atoms with Crippen LogP contribution in [0.1, 0.15) is 48.0 Å². The van der Waals surface area contributed by atoms with Crippen LogP contribution in [0, 0.1) is 5.92 Å². The van der Waals surface area contributed by atoms with Gasteiger partial charge >= 0.3 is 6.18 Å². The maximum atomic E-state index is 12.6. The molecule has 7 heteroatoms. The van der Waals surface area contributed by atoms with Gasteiger partial charge < -0.3 is 0 Å². The highest BCUT2D eigenvalue weighted by molar-refractivity contribution is 5.95. The van der Waals surface area contributed by atoms with Gasteiger partial charge in [-0.15, -0.1) is 0 Å². The van der Waals surface area contributed by atoms with E-state index >= 15 is 0 Å². The molecule has 0 radical (unpaired) electrons. The highest BCUT2D eigenvalue weighted by Gasteiger charge is 2.31. The van der Waals surface area contributed by atoms with E-state index in [1.807, 2.05) is 0 Å². The average molecular weight is 314 g/mol. The van der Waals surface area contributed by atoms with Gasteiger partial charge in [-0.1, -0.05) is 25.3 Å². The van der Waals surface area contributed by atoms with Crippen molar-refractivity contribution in [3.63, 3.8) is 0 Å². The lowest BCUT2D eigenvalue weighted by molar-refractivity contribution is -0.137. The Morgan fingerprint density at radius 3 is 2.36 bits per heavy atom. The number of nitrogens with one attached hydrogen (secondary N) is 2. The van der Waals surface area contributed by atoms with E-state index in [4.69, 9.17) is 0 Å². The van der Waals surface area contributed by atoms with Crippen molar-refractivity contribution in [1.82, 2.24) is 10.9 Å². The summed E-state index contributed by atoms with van der Waals surface area (Å²) in [5.41, 5.74) is 3.40. The lowest BCUT2D eigenvalue weighted by Crippen LogP contribution is -2.45. The van der Waals surface area contributed by atoms with E-state index in [1.165, 1.54) is 6.07 Å². The molecule has 2 N–H and O–H groups in total. The van der Waals surface area contributed by atoms with Crippen LogP contribution in [0.25, 0.3) is 0 Å². The van der Waals surface area contributed by atoms with Crippen LogP contribution < -0.4 is 10.9 Å². The van der Waals surface area contributed by atoms with Gasteiger partial charge in [-0.3, -0.25) is 20.4 Å². The smallest absolute Gasteiger partial charge is 0.273 e. The Labute approximate surface area is 126 Å². The third-order valence-electron chi connectivity index (χ3n) is 3.73. The first-order valence-corrected chi connectivity index (χ1v) is 7.15. The molecule has 0 atom stereocenters. The Hall–Kier alpha value is -2.05. The van der Waals surface area contributed by atoms with Crippen LogP contribution in [0.2, 0.25) is 0 Å². The average Bonchev–Trinajstić information content (AvgIpc) is 2.52. The van der Waals surface area contributed by atoms with Gasteiger partial charge in [-0.05, 0) is 31.0 Å². The van der Waals surface area contributed by atoms with Crippen molar-refractivity contribution in [1.29, 1.82) is 0 Å². The first-order valence-electron chi connectivity index (χ1n) is 7.15. The number of hydrogen-bond acceptors (Lipinski definition) is 2. The fourth-order valence-electron chi connectivity index (χ4n) is 2.49. The van der Waals surface area contributed by atoms with Crippen molar-refractivity contribution in [2.24, 2.45) is 5.92 Å². The Morgan fingerprint density at radius 2 is 1.73 bits per heavy atom. The molecule has 0 bridgehead atoms. The highest BCUT2D eigenvalue weighted by Crippen LogP contribution is 2.29. The molecule has 4 nitrogen and oxygen atoms in total. The molecule has 0 aliphatic heterocycles. The van der Waals surface area contributed by atoms with Crippen LogP contribution in [-0.4, -0.2) is 11.8 Å². The van der Waals surface area contributed by atoms with E-state index in [-0.39, 0.29) is 17.4 Å². The predicted octanol–water partition coefficient (Wildman–Crippen LogP) is 3.05. The summed E-state index contributed by atoms with van der Waals surface area (Å²) in [4.78, 5) is 23.7. The summed E-state index contributed by atoms with van der Waals surface area (Å²) in [7, 11) is 0. The largest absolute Gasteiger partial charge is 0.416 e. The standard InChI is InChI=1S/C15H17F3N2O2/c16-15(17,18)12-8-4-7-11(9-12)14(22)20-19-13(21)10-5-2-1-3-6-10/h4,7-10H,1-3,5-6H2,(H,19,21)(H,20,22). The van der Waals surface area contributed by atoms with Gasteiger partial charge in [0.15, 0.2) is 0 Å². The molecule has 22 heavy (non-hydrogen) atoms. The molecule has 2 rings (SSSR count). The van der Waals surface area contributed by atoms with Crippen molar-refractivity contribution < 1.29 is 22.8 Å². The second kappa shape index (κ2) is 6.81. The maximum absolute atomic E-state index is 12.6. The second-order valence-electron chi connectivity index (χ2n) is 5.36. The van der Waals surface area contributed by atoms with Gasteiger partial charge in [0.2, 0.25) is 5.91 Å². The number of carbonyl (C=O) groups excluding carboxylic acids is 2. The van der Waals surface area contributed by atoms with Crippen molar-refractivity contribution in [3.05, 3.63) is 35.4 Å². The molecule has 1 saturated carbocycles. The number of rotatable bonds is 2. The lowest BCUT2D eigenvalue weighted by Gasteiger charge is -2.20. The van der Waals surface area contributed by atoms with Gasteiger partial charge in [0.05, 0.1) is 5.56 Å². The number of halogens is 3. The van der Waals surface area contributed by atoms with Crippen molar-refractivity contribution >= 4 is 11.8 Å². The van der Waals surface area contributed by atoms with Gasteiger partial charge in [0, 0.05) is 11.5 Å². The molecule has 1 aliphatic carbocycles. The summed E-state index contributed by atoms with van der Waals surface area (Å²) in [6.45, 7) is 0. The third-order valence-corrected chi connectivity index (χ3v) is 3.73. The van der Waals surface area contributed by atoms with Gasteiger partial charge in [-0.25, -0.2) is 0 Å². The van der Waals surface area contributed by atoms with E-state index in [9.17, 15) is 22.8 Å². The molecular formula is C15H17F3N2O2. The fraction of sp³-hybridized carbons (Fsp3) is 0.467. The van der Waals surface area contributed by atoms with E-state index in [1.54, 1.807) is 0 Å². The zero-order chi connectivity index (χ0) is 16.2. The Kier molecular flexibility index (Phi) is 5.05. The first-order chi connectivity index (χ1) is 10.4. The molecule has 1 aliphatic rings. The van der Waals surface area contributed by atoms with E-state index in [2.05, 4.69) is 10.9 Å². The van der Waals surface area contributed by atoms with Crippen LogP contribution in [0.5, 0.6) is 0 Å². The number of amides is 2. The number of hydrogen-bond donors (Lipinski definition) is 2. The number of hydrazine groups is 1. The zero-order valence-electron chi connectivity index (χ0n) is 11.9. The minimum Gasteiger partial charge on any atom is -0.273 e. The number of benzene rings is 1. The highest BCUT2D eigenvalue weighted by atomic mass is 19.4. The van der Waals surface area contributed by atoms with Crippen molar-refractivity contribution in [3.8, 4) is 0 Å². The summed E-state index contributed by atoms with van der Waals surface area (Å²) in [5, 5.41) is 0. The molecule has 1 aromatic rings. The molecule has 2 amide bonds. The monoisotopic (exact) mass is 314 g/mol. The van der Waals surface area contributed by atoms with Crippen molar-refractivity contribution in [2.75, 3.05) is 0 Å². The molecule has 120 valence electrons. The summed E-state index contributed by atoms with van der Waals surface area (Å²) in [5.74, 6) is -1.20. The minimum atomic E-state index is -4.51. The lowest BCUT2D eigenvalue weighted by atomic mass is 9.89. The molecule has 0 aromatic heterocycles. The fourth-order valence-corrected chi connectivity index (χ4v) is 2.49.